The van der Waals surface area contributed by atoms with Crippen LogP contribution in [0.5, 0.6) is 0 Å². The molecule has 0 heterocycles. The van der Waals surface area contributed by atoms with Crippen LogP contribution in [0.3, 0.4) is 0 Å². The lowest BCUT2D eigenvalue weighted by atomic mass is 10.2. The summed E-state index contributed by atoms with van der Waals surface area (Å²) in [4.78, 5) is 0. The molecule has 0 spiro atoms. The van der Waals surface area contributed by atoms with Crippen molar-refractivity contribution in [3.63, 3.8) is 0 Å². The molecule has 98 valence electrons. The molecular formula is C11H27N3O2. The highest BCUT2D eigenvalue weighted by Gasteiger charge is 2.06. The van der Waals surface area contributed by atoms with Crippen LogP contribution in [0.4, 0.5) is 0 Å². The van der Waals surface area contributed by atoms with Crippen LogP contribution in [0, 0.1) is 11.8 Å². The second kappa shape index (κ2) is 9.99. The molecule has 0 aliphatic heterocycles. The molecule has 0 aromatic heterocycles. The molecule has 6 N–H and O–H groups in total. The van der Waals surface area contributed by atoms with Crippen LogP contribution in [0.1, 0.15) is 13.8 Å². The predicted octanol–water partition coefficient (Wildman–Crippen LogP) is -0.463. The van der Waals surface area contributed by atoms with Crippen molar-refractivity contribution in [2.24, 2.45) is 29.0 Å². The topological polar surface area (TPSA) is 96.5 Å². The van der Waals surface area contributed by atoms with Gasteiger partial charge in [0.05, 0.1) is 32.5 Å². The Morgan fingerprint density at radius 3 is 1.50 bits per heavy atom. The summed E-state index contributed by atoms with van der Waals surface area (Å²) in [5, 5.41) is 0. The summed E-state index contributed by atoms with van der Waals surface area (Å²) in [6.45, 7) is 7.71. The summed E-state index contributed by atoms with van der Waals surface area (Å²) in [6.07, 6.45) is 0. The third-order valence-corrected chi connectivity index (χ3v) is 2.27. The molecule has 0 aliphatic rings. The van der Waals surface area contributed by atoms with Gasteiger partial charge < -0.3 is 26.7 Å². The van der Waals surface area contributed by atoms with Crippen LogP contribution in [0.25, 0.3) is 0 Å². The van der Waals surface area contributed by atoms with Crippen LogP contribution in [0.15, 0.2) is 0 Å². The lowest BCUT2D eigenvalue weighted by Gasteiger charge is -2.16. The average Bonchev–Trinajstić information content (AvgIpc) is 2.28. The molecule has 0 radical (unpaired) electrons. The first-order valence-electron chi connectivity index (χ1n) is 5.91. The molecule has 0 aromatic carbocycles. The van der Waals surface area contributed by atoms with Crippen molar-refractivity contribution in [3.8, 4) is 0 Å². The summed E-state index contributed by atoms with van der Waals surface area (Å²) in [5.41, 5.74) is 16.8. The first-order chi connectivity index (χ1) is 7.60. The standard InChI is InChI=1S/C11H27N3O2/c1-9(3-12)5-15-7-11(14)8-16-6-10(2)4-13/h9-11H,3-8,12-14H2,1-2H3. The molecular weight excluding hydrogens is 206 g/mol. The van der Waals surface area contributed by atoms with Crippen LogP contribution in [0.2, 0.25) is 0 Å². The first-order valence-corrected chi connectivity index (χ1v) is 5.91. The van der Waals surface area contributed by atoms with Crippen molar-refractivity contribution in [1.82, 2.24) is 0 Å². The molecule has 0 fully saturated rings. The number of hydrogen-bond donors (Lipinski definition) is 3. The zero-order chi connectivity index (χ0) is 12.4. The fraction of sp³-hybridized carbons (Fsp3) is 1.00. The molecule has 0 amide bonds. The lowest BCUT2D eigenvalue weighted by Crippen LogP contribution is -2.33. The Morgan fingerprint density at radius 1 is 0.812 bits per heavy atom. The van der Waals surface area contributed by atoms with Crippen molar-refractivity contribution in [2.45, 2.75) is 19.9 Å². The summed E-state index contributed by atoms with van der Waals surface area (Å²) >= 11 is 0. The van der Waals surface area contributed by atoms with Gasteiger partial charge in [-0.05, 0) is 24.9 Å². The maximum absolute atomic E-state index is 5.82. The molecule has 2 atom stereocenters. The summed E-state index contributed by atoms with van der Waals surface area (Å²) < 4.78 is 10.8. The van der Waals surface area contributed by atoms with Crippen LogP contribution >= 0.6 is 0 Å². The minimum absolute atomic E-state index is 0.0741. The van der Waals surface area contributed by atoms with Crippen LogP contribution < -0.4 is 17.2 Å². The fourth-order valence-corrected chi connectivity index (χ4v) is 1.03. The Hall–Kier alpha value is -0.200. The molecule has 5 nitrogen and oxygen atoms in total. The molecule has 0 saturated carbocycles. The second-order valence-corrected chi connectivity index (χ2v) is 4.52. The number of hydrogen-bond acceptors (Lipinski definition) is 5. The zero-order valence-corrected chi connectivity index (χ0v) is 10.5. The normalized spacial score (nSPS) is 17.1. The molecule has 0 aliphatic carbocycles. The smallest absolute Gasteiger partial charge is 0.0640 e. The van der Waals surface area contributed by atoms with E-state index in [1.165, 1.54) is 0 Å². The third kappa shape index (κ3) is 9.06. The van der Waals surface area contributed by atoms with Gasteiger partial charge in [-0.2, -0.15) is 0 Å². The monoisotopic (exact) mass is 233 g/mol. The van der Waals surface area contributed by atoms with E-state index in [1.54, 1.807) is 0 Å². The lowest BCUT2D eigenvalue weighted by molar-refractivity contribution is 0.0472. The van der Waals surface area contributed by atoms with E-state index < -0.39 is 0 Å². The minimum Gasteiger partial charge on any atom is -0.379 e. The van der Waals surface area contributed by atoms with Crippen molar-refractivity contribution < 1.29 is 9.47 Å². The van der Waals surface area contributed by atoms with E-state index in [1.807, 2.05) is 13.8 Å². The van der Waals surface area contributed by atoms with Gasteiger partial charge in [-0.1, -0.05) is 13.8 Å². The zero-order valence-electron chi connectivity index (χ0n) is 10.5. The van der Waals surface area contributed by atoms with E-state index in [2.05, 4.69) is 0 Å². The van der Waals surface area contributed by atoms with Gasteiger partial charge in [-0.3, -0.25) is 0 Å². The second-order valence-electron chi connectivity index (χ2n) is 4.52. The number of ether oxygens (including phenoxy) is 2. The highest BCUT2D eigenvalue weighted by Crippen LogP contribution is 1.95. The van der Waals surface area contributed by atoms with Crippen molar-refractivity contribution >= 4 is 0 Å². The maximum Gasteiger partial charge on any atom is 0.0640 e. The minimum atomic E-state index is -0.0741. The third-order valence-electron chi connectivity index (χ3n) is 2.27. The van der Waals surface area contributed by atoms with Crippen molar-refractivity contribution in [2.75, 3.05) is 39.5 Å². The van der Waals surface area contributed by atoms with E-state index >= 15 is 0 Å². The molecule has 5 heteroatoms. The van der Waals surface area contributed by atoms with E-state index in [0.717, 1.165) is 0 Å². The number of nitrogens with two attached hydrogens (primary N) is 3. The van der Waals surface area contributed by atoms with Crippen LogP contribution in [-0.2, 0) is 9.47 Å². The summed E-state index contributed by atoms with van der Waals surface area (Å²) in [6, 6.07) is -0.0741. The molecule has 0 saturated heterocycles. The van der Waals surface area contributed by atoms with Gasteiger partial charge >= 0.3 is 0 Å². The Morgan fingerprint density at radius 2 is 1.19 bits per heavy atom. The molecule has 16 heavy (non-hydrogen) atoms. The Kier molecular flexibility index (Phi) is 9.86. The quantitative estimate of drug-likeness (QED) is 0.474. The van der Waals surface area contributed by atoms with Gasteiger partial charge in [-0.15, -0.1) is 0 Å². The van der Waals surface area contributed by atoms with E-state index in [0.29, 0.717) is 51.4 Å². The van der Waals surface area contributed by atoms with Gasteiger partial charge in [0.1, 0.15) is 0 Å². The van der Waals surface area contributed by atoms with Crippen molar-refractivity contribution in [3.05, 3.63) is 0 Å². The Balaban J connectivity index is 3.34. The number of rotatable bonds is 10. The fourth-order valence-electron chi connectivity index (χ4n) is 1.03. The molecule has 0 aromatic rings. The largest absolute Gasteiger partial charge is 0.379 e. The SMILES string of the molecule is CC(CN)COCC(N)COCC(C)CN. The maximum atomic E-state index is 5.82. The summed E-state index contributed by atoms with van der Waals surface area (Å²) in [7, 11) is 0. The average molecular weight is 233 g/mol. The van der Waals surface area contributed by atoms with Gasteiger partial charge in [-0.25, -0.2) is 0 Å². The molecule has 0 rings (SSSR count). The molecule has 2 unspecified atom stereocenters. The first kappa shape index (κ1) is 15.8. The van der Waals surface area contributed by atoms with Gasteiger partial charge in [0.25, 0.3) is 0 Å². The van der Waals surface area contributed by atoms with Gasteiger partial charge in [0, 0.05) is 0 Å². The van der Waals surface area contributed by atoms with Crippen molar-refractivity contribution in [1.29, 1.82) is 0 Å². The van der Waals surface area contributed by atoms with E-state index in [4.69, 9.17) is 26.7 Å². The van der Waals surface area contributed by atoms with Gasteiger partial charge in [0.15, 0.2) is 0 Å². The highest BCUT2D eigenvalue weighted by molar-refractivity contribution is 4.60. The highest BCUT2D eigenvalue weighted by atomic mass is 16.5. The van der Waals surface area contributed by atoms with Crippen LogP contribution in [-0.4, -0.2) is 45.6 Å². The Bertz CT molecular complexity index is 142. The Labute approximate surface area is 98.6 Å². The summed E-state index contributed by atoms with van der Waals surface area (Å²) in [5.74, 6) is 0.760. The van der Waals surface area contributed by atoms with Gasteiger partial charge in [0.2, 0.25) is 0 Å². The molecule has 0 bridgehead atoms. The van der Waals surface area contributed by atoms with E-state index in [-0.39, 0.29) is 6.04 Å². The predicted molar refractivity (Wildman–Crippen MR) is 66.1 cm³/mol. The van der Waals surface area contributed by atoms with E-state index in [9.17, 15) is 0 Å².